The highest BCUT2D eigenvalue weighted by atomic mass is 32.1. The topological polar surface area (TPSA) is 58.5 Å². The fraction of sp³-hybridized carbons (Fsp3) is 0.0526. The molecule has 0 atom stereocenters. The molecule has 1 N–H and O–H groups in total. The van der Waals surface area contributed by atoms with E-state index in [-0.39, 0.29) is 12.1 Å². The Kier molecular flexibility index (Phi) is 5.59. The molecule has 3 rings (SSSR count). The largest absolute Gasteiger partial charge is 0.313 e. The summed E-state index contributed by atoms with van der Waals surface area (Å²) in [6, 6.07) is 22.1. The molecule has 0 saturated heterocycles. The second kappa shape index (κ2) is 8.06. The number of carbonyl (C=O) groups is 1. The molecule has 0 unspecified atom stereocenters. The number of hydrogen-bond acceptors (Lipinski definition) is 4. The normalized spacial score (nSPS) is 11.5. The first-order valence-corrected chi connectivity index (χ1v) is 10.5. The van der Waals surface area contributed by atoms with Crippen molar-refractivity contribution in [3.05, 3.63) is 83.1 Å². The number of rotatable bonds is 6. The molecule has 2 aromatic carbocycles. The van der Waals surface area contributed by atoms with Crippen molar-refractivity contribution < 1.29 is 9.36 Å². The number of amides is 1. The zero-order valence-corrected chi connectivity index (χ0v) is 15.1. The lowest BCUT2D eigenvalue weighted by Crippen LogP contribution is -2.28. The van der Waals surface area contributed by atoms with Crippen molar-refractivity contribution in [1.29, 1.82) is 0 Å². The molecule has 0 aliphatic rings. The molecule has 3 aromatic rings. The standard InChI is InChI=1S/C19H17N2O2PS/c22-19(21-20-14-18-12-7-13-25-18)15-24(23,16-8-3-1-4-9-16)17-10-5-2-6-11-17/h1-14H,15H2,(H,21,22)/b20-14+. The molecule has 0 radical (unpaired) electrons. The SMILES string of the molecule is O=C(CP(=O)(c1ccccc1)c1ccccc1)N/N=C/c1cccs1. The summed E-state index contributed by atoms with van der Waals surface area (Å²) >= 11 is 1.53. The van der Waals surface area contributed by atoms with Gasteiger partial charge in [-0.3, -0.25) is 4.79 Å². The number of nitrogens with zero attached hydrogens (tertiary/aromatic N) is 1. The van der Waals surface area contributed by atoms with Gasteiger partial charge in [-0.15, -0.1) is 11.3 Å². The molecule has 6 heteroatoms. The highest BCUT2D eigenvalue weighted by molar-refractivity contribution is 7.79. The molecule has 0 bridgehead atoms. The Labute approximate surface area is 150 Å². The van der Waals surface area contributed by atoms with E-state index in [2.05, 4.69) is 10.5 Å². The number of hydrogen-bond donors (Lipinski definition) is 1. The number of benzene rings is 2. The zero-order valence-electron chi connectivity index (χ0n) is 13.4. The lowest BCUT2D eigenvalue weighted by molar-refractivity contribution is -0.118. The summed E-state index contributed by atoms with van der Waals surface area (Å²) in [5.41, 5.74) is 2.48. The first-order chi connectivity index (χ1) is 12.2. The Balaban J connectivity index is 1.81. The summed E-state index contributed by atoms with van der Waals surface area (Å²) in [6.07, 6.45) is 1.46. The maximum absolute atomic E-state index is 13.7. The summed E-state index contributed by atoms with van der Waals surface area (Å²) in [7, 11) is -3.06. The molecule has 25 heavy (non-hydrogen) atoms. The molecule has 126 valence electrons. The van der Waals surface area contributed by atoms with Crippen molar-refractivity contribution in [3.8, 4) is 0 Å². The third-order valence-electron chi connectivity index (χ3n) is 3.64. The lowest BCUT2D eigenvalue weighted by atomic mass is 10.4. The van der Waals surface area contributed by atoms with Crippen LogP contribution in [0.5, 0.6) is 0 Å². The van der Waals surface area contributed by atoms with Gasteiger partial charge in [0.25, 0.3) is 0 Å². The summed E-state index contributed by atoms with van der Waals surface area (Å²) in [5, 5.41) is 7.21. The van der Waals surface area contributed by atoms with Gasteiger partial charge in [0.05, 0.1) is 12.4 Å². The Morgan fingerprint density at radius 3 is 2.08 bits per heavy atom. The van der Waals surface area contributed by atoms with Crippen molar-refractivity contribution in [2.45, 2.75) is 0 Å². The van der Waals surface area contributed by atoms with Gasteiger partial charge in [-0.25, -0.2) is 5.43 Å². The molecule has 0 aliphatic heterocycles. The van der Waals surface area contributed by atoms with Gasteiger partial charge >= 0.3 is 0 Å². The molecule has 0 saturated carbocycles. The number of nitrogens with one attached hydrogen (secondary N) is 1. The number of hydrazone groups is 1. The molecule has 0 fully saturated rings. The van der Waals surface area contributed by atoms with Gasteiger partial charge in [-0.2, -0.15) is 5.10 Å². The lowest BCUT2D eigenvalue weighted by Gasteiger charge is -2.18. The highest BCUT2D eigenvalue weighted by Crippen LogP contribution is 2.42. The minimum absolute atomic E-state index is 0.122. The van der Waals surface area contributed by atoms with E-state index in [0.29, 0.717) is 10.6 Å². The minimum atomic E-state index is -3.06. The van der Waals surface area contributed by atoms with E-state index in [9.17, 15) is 9.36 Å². The Hall–Kier alpha value is -2.49. The molecular formula is C19H17N2O2PS. The molecule has 1 amide bonds. The van der Waals surface area contributed by atoms with E-state index in [1.807, 2.05) is 53.9 Å². The predicted octanol–water partition coefficient (Wildman–Crippen LogP) is 3.21. The van der Waals surface area contributed by atoms with Gasteiger partial charge in [0.1, 0.15) is 0 Å². The van der Waals surface area contributed by atoms with Gasteiger partial charge in [0.2, 0.25) is 5.91 Å². The van der Waals surface area contributed by atoms with Crippen LogP contribution in [0.3, 0.4) is 0 Å². The predicted molar refractivity (Wildman–Crippen MR) is 105 cm³/mol. The van der Waals surface area contributed by atoms with Crippen LogP contribution in [0.15, 0.2) is 83.3 Å². The summed E-state index contributed by atoms with van der Waals surface area (Å²) in [6.45, 7) is 0. The van der Waals surface area contributed by atoms with Gasteiger partial charge in [-0.1, -0.05) is 66.7 Å². The minimum Gasteiger partial charge on any atom is -0.313 e. The van der Waals surface area contributed by atoms with Gasteiger partial charge in [0, 0.05) is 15.5 Å². The molecule has 1 aromatic heterocycles. The third kappa shape index (κ3) is 4.32. The van der Waals surface area contributed by atoms with E-state index in [1.54, 1.807) is 30.5 Å². The monoisotopic (exact) mass is 368 g/mol. The maximum Gasteiger partial charge on any atom is 0.248 e. The summed E-state index contributed by atoms with van der Waals surface area (Å²) < 4.78 is 13.7. The third-order valence-corrected chi connectivity index (χ3v) is 7.44. The molecule has 1 heterocycles. The smallest absolute Gasteiger partial charge is 0.248 e. The van der Waals surface area contributed by atoms with Crippen LogP contribution >= 0.6 is 18.5 Å². The number of thiophene rings is 1. The van der Waals surface area contributed by atoms with Crippen molar-refractivity contribution in [1.82, 2.24) is 5.43 Å². The van der Waals surface area contributed by atoms with Gasteiger partial charge in [0.15, 0.2) is 7.14 Å². The van der Waals surface area contributed by atoms with Crippen molar-refractivity contribution in [2.75, 3.05) is 6.16 Å². The Morgan fingerprint density at radius 1 is 0.960 bits per heavy atom. The van der Waals surface area contributed by atoms with E-state index >= 15 is 0 Å². The van der Waals surface area contributed by atoms with Crippen LogP contribution in [0.2, 0.25) is 0 Å². The Bertz CT molecular complexity index is 850. The van der Waals surface area contributed by atoms with Crippen molar-refractivity contribution >= 4 is 41.2 Å². The van der Waals surface area contributed by atoms with Crippen LogP contribution in [0, 0.1) is 0 Å². The summed E-state index contributed by atoms with van der Waals surface area (Å²) in [5.74, 6) is -0.371. The van der Waals surface area contributed by atoms with E-state index in [1.165, 1.54) is 11.3 Å². The van der Waals surface area contributed by atoms with Crippen molar-refractivity contribution in [2.24, 2.45) is 5.10 Å². The number of carbonyl (C=O) groups excluding carboxylic acids is 1. The average Bonchev–Trinajstić information content (AvgIpc) is 3.16. The fourth-order valence-electron chi connectivity index (χ4n) is 2.44. The van der Waals surface area contributed by atoms with Crippen LogP contribution in [0.1, 0.15) is 4.88 Å². The molecule has 4 nitrogen and oxygen atoms in total. The summed E-state index contributed by atoms with van der Waals surface area (Å²) in [4.78, 5) is 13.3. The second-order valence-corrected chi connectivity index (χ2v) is 9.19. The first-order valence-electron chi connectivity index (χ1n) is 7.74. The second-order valence-electron chi connectivity index (χ2n) is 5.38. The van der Waals surface area contributed by atoms with Crippen LogP contribution in [0.25, 0.3) is 0 Å². The fourth-order valence-corrected chi connectivity index (χ4v) is 5.47. The van der Waals surface area contributed by atoms with E-state index < -0.39 is 7.14 Å². The van der Waals surface area contributed by atoms with Gasteiger partial charge < -0.3 is 4.57 Å². The van der Waals surface area contributed by atoms with Crippen LogP contribution in [0.4, 0.5) is 0 Å². The van der Waals surface area contributed by atoms with Gasteiger partial charge in [-0.05, 0) is 11.4 Å². The van der Waals surface area contributed by atoms with Crippen LogP contribution < -0.4 is 16.0 Å². The van der Waals surface area contributed by atoms with Crippen LogP contribution in [-0.2, 0) is 9.36 Å². The van der Waals surface area contributed by atoms with Crippen molar-refractivity contribution in [3.63, 3.8) is 0 Å². The average molecular weight is 368 g/mol. The van der Waals surface area contributed by atoms with E-state index in [0.717, 1.165) is 4.88 Å². The molecular weight excluding hydrogens is 351 g/mol. The Morgan fingerprint density at radius 2 is 1.56 bits per heavy atom. The zero-order chi connectivity index (χ0) is 17.5. The quantitative estimate of drug-likeness (QED) is 0.413. The van der Waals surface area contributed by atoms with E-state index in [4.69, 9.17) is 0 Å². The molecule has 0 aliphatic carbocycles. The molecule has 0 spiro atoms. The maximum atomic E-state index is 13.7. The highest BCUT2D eigenvalue weighted by Gasteiger charge is 2.30. The first kappa shape index (κ1) is 17.3. The van der Waals surface area contributed by atoms with Crippen LogP contribution in [-0.4, -0.2) is 18.3 Å².